The number of nitrogens with one attached hydrogen (secondary N) is 1. The molecule has 2 heterocycles. The number of carbonyl (C=O) groups excluding carboxylic acids is 2. The summed E-state index contributed by atoms with van der Waals surface area (Å²) in [6, 6.07) is 12.6. The molecular weight excluding hydrogens is 344 g/mol. The first-order valence-electron chi connectivity index (χ1n) is 8.67. The number of benzene rings is 2. The average Bonchev–Trinajstić information content (AvgIpc) is 3.34. The van der Waals surface area contributed by atoms with Crippen LogP contribution in [0.25, 0.3) is 5.69 Å². The molecule has 2 aromatic carbocycles. The van der Waals surface area contributed by atoms with Gasteiger partial charge in [-0.25, -0.2) is 4.68 Å². The molecule has 0 radical (unpaired) electrons. The largest absolute Gasteiger partial charge is 0.322 e. The highest BCUT2D eigenvalue weighted by molar-refractivity contribution is 6.05. The van der Waals surface area contributed by atoms with Gasteiger partial charge in [-0.15, -0.1) is 5.10 Å². The molecule has 1 aromatic heterocycles. The third-order valence-electron chi connectivity index (χ3n) is 4.54. The molecule has 0 aliphatic carbocycles. The maximum Gasteiger partial charge on any atom is 0.255 e. The van der Waals surface area contributed by atoms with Gasteiger partial charge in [0.15, 0.2) is 0 Å². The number of aromatic nitrogens is 4. The minimum Gasteiger partial charge on any atom is -0.322 e. The van der Waals surface area contributed by atoms with E-state index in [2.05, 4.69) is 20.8 Å². The van der Waals surface area contributed by atoms with Gasteiger partial charge in [-0.3, -0.25) is 9.59 Å². The van der Waals surface area contributed by atoms with Crippen molar-refractivity contribution in [2.75, 3.05) is 16.8 Å². The Morgan fingerprint density at radius 1 is 1.19 bits per heavy atom. The third-order valence-corrected chi connectivity index (χ3v) is 4.54. The van der Waals surface area contributed by atoms with Crippen molar-refractivity contribution < 1.29 is 9.59 Å². The molecule has 8 nitrogen and oxygen atoms in total. The van der Waals surface area contributed by atoms with Crippen LogP contribution in [0.1, 0.15) is 28.8 Å². The molecule has 0 atom stereocenters. The quantitative estimate of drug-likeness (QED) is 0.769. The van der Waals surface area contributed by atoms with Gasteiger partial charge in [0, 0.05) is 29.9 Å². The first-order chi connectivity index (χ1) is 13.1. The van der Waals surface area contributed by atoms with Crippen LogP contribution in [0.5, 0.6) is 0 Å². The van der Waals surface area contributed by atoms with E-state index in [1.807, 2.05) is 31.2 Å². The Morgan fingerprint density at radius 3 is 2.78 bits per heavy atom. The molecule has 0 unspecified atom stereocenters. The summed E-state index contributed by atoms with van der Waals surface area (Å²) < 4.78 is 1.49. The number of nitrogens with zero attached hydrogens (tertiary/aromatic N) is 5. The Balaban J connectivity index is 1.52. The Bertz CT molecular complexity index is 999. The van der Waals surface area contributed by atoms with Crippen molar-refractivity contribution in [2.24, 2.45) is 0 Å². The Morgan fingerprint density at radius 2 is 2.07 bits per heavy atom. The van der Waals surface area contributed by atoms with Gasteiger partial charge in [0.05, 0.1) is 5.69 Å². The van der Waals surface area contributed by atoms with E-state index in [0.717, 1.165) is 24.2 Å². The average molecular weight is 362 g/mol. The molecule has 0 bridgehead atoms. The number of anilines is 2. The van der Waals surface area contributed by atoms with Crippen LogP contribution in [0.15, 0.2) is 48.8 Å². The highest BCUT2D eigenvalue weighted by atomic mass is 16.2. The molecule has 1 saturated heterocycles. The Labute approximate surface area is 155 Å². The van der Waals surface area contributed by atoms with Crippen molar-refractivity contribution >= 4 is 23.2 Å². The molecule has 4 rings (SSSR count). The predicted molar refractivity (Wildman–Crippen MR) is 99.9 cm³/mol. The van der Waals surface area contributed by atoms with Gasteiger partial charge in [0.25, 0.3) is 5.91 Å². The molecule has 27 heavy (non-hydrogen) atoms. The number of hydrogen-bond donors (Lipinski definition) is 1. The minimum atomic E-state index is -0.227. The van der Waals surface area contributed by atoms with Gasteiger partial charge in [-0.1, -0.05) is 6.07 Å². The Kier molecular flexibility index (Phi) is 4.37. The summed E-state index contributed by atoms with van der Waals surface area (Å²) >= 11 is 0. The van der Waals surface area contributed by atoms with Crippen molar-refractivity contribution in [3.05, 3.63) is 59.9 Å². The number of tetrazole rings is 1. The molecule has 0 saturated carbocycles. The second kappa shape index (κ2) is 6.99. The summed E-state index contributed by atoms with van der Waals surface area (Å²) in [5, 5.41) is 13.9. The summed E-state index contributed by atoms with van der Waals surface area (Å²) in [6.45, 7) is 2.68. The van der Waals surface area contributed by atoms with Crippen molar-refractivity contribution in [3.63, 3.8) is 0 Å². The number of hydrogen-bond acceptors (Lipinski definition) is 5. The van der Waals surface area contributed by atoms with Gasteiger partial charge in [-0.05, 0) is 65.7 Å². The van der Waals surface area contributed by atoms with Crippen LogP contribution < -0.4 is 10.2 Å². The number of aryl methyl sites for hydroxylation is 1. The van der Waals surface area contributed by atoms with Crippen LogP contribution >= 0.6 is 0 Å². The smallest absolute Gasteiger partial charge is 0.255 e. The van der Waals surface area contributed by atoms with Crippen LogP contribution in [0.2, 0.25) is 0 Å². The fraction of sp³-hybridized carbons (Fsp3) is 0.211. The van der Waals surface area contributed by atoms with Crippen LogP contribution in [0, 0.1) is 6.92 Å². The van der Waals surface area contributed by atoms with Gasteiger partial charge in [-0.2, -0.15) is 0 Å². The topological polar surface area (TPSA) is 93.0 Å². The summed E-state index contributed by atoms with van der Waals surface area (Å²) in [5.41, 5.74) is 3.73. The highest BCUT2D eigenvalue weighted by Crippen LogP contribution is 2.27. The summed E-state index contributed by atoms with van der Waals surface area (Å²) in [5.74, 6) is -0.0800. The molecule has 0 spiro atoms. The number of rotatable bonds is 4. The van der Waals surface area contributed by atoms with Crippen molar-refractivity contribution in [2.45, 2.75) is 19.8 Å². The zero-order chi connectivity index (χ0) is 18.8. The second-order valence-corrected chi connectivity index (χ2v) is 6.41. The lowest BCUT2D eigenvalue weighted by molar-refractivity contribution is -0.117. The lowest BCUT2D eigenvalue weighted by Crippen LogP contribution is -2.24. The second-order valence-electron chi connectivity index (χ2n) is 6.41. The molecule has 3 aromatic rings. The maximum absolute atomic E-state index is 12.6. The third kappa shape index (κ3) is 3.41. The summed E-state index contributed by atoms with van der Waals surface area (Å²) in [4.78, 5) is 26.4. The van der Waals surface area contributed by atoms with E-state index in [4.69, 9.17) is 0 Å². The standard InChI is InChI=1S/C19H18N6O2/c1-13-10-15(7-8-17(13)24-9-3-6-18(24)26)21-19(27)14-4-2-5-16(11-14)25-12-20-22-23-25/h2,4-5,7-8,10-12H,3,6,9H2,1H3,(H,21,27). The first-order valence-corrected chi connectivity index (χ1v) is 8.67. The fourth-order valence-electron chi connectivity index (χ4n) is 3.21. The zero-order valence-corrected chi connectivity index (χ0v) is 14.8. The van der Waals surface area contributed by atoms with E-state index < -0.39 is 0 Å². The lowest BCUT2D eigenvalue weighted by Gasteiger charge is -2.19. The SMILES string of the molecule is Cc1cc(NC(=O)c2cccc(-n3cnnn3)c2)ccc1N1CCCC1=O. The summed E-state index contributed by atoms with van der Waals surface area (Å²) in [6.07, 6.45) is 2.95. The zero-order valence-electron chi connectivity index (χ0n) is 14.8. The molecule has 8 heteroatoms. The van der Waals surface area contributed by atoms with Gasteiger partial charge in [0.1, 0.15) is 6.33 Å². The molecule has 1 N–H and O–H groups in total. The van der Waals surface area contributed by atoms with Gasteiger partial charge >= 0.3 is 0 Å². The van der Waals surface area contributed by atoms with E-state index in [1.165, 1.54) is 11.0 Å². The monoisotopic (exact) mass is 362 g/mol. The summed E-state index contributed by atoms with van der Waals surface area (Å²) in [7, 11) is 0. The van der Waals surface area contributed by atoms with Crippen LogP contribution in [0.4, 0.5) is 11.4 Å². The van der Waals surface area contributed by atoms with Gasteiger partial charge in [0.2, 0.25) is 5.91 Å². The van der Waals surface area contributed by atoms with Crippen LogP contribution in [-0.4, -0.2) is 38.6 Å². The van der Waals surface area contributed by atoms with E-state index in [1.54, 1.807) is 23.1 Å². The van der Waals surface area contributed by atoms with Crippen LogP contribution in [-0.2, 0) is 4.79 Å². The molecular formula is C19H18N6O2. The Hall–Kier alpha value is -3.55. The van der Waals surface area contributed by atoms with E-state index in [-0.39, 0.29) is 11.8 Å². The molecule has 1 fully saturated rings. The highest BCUT2D eigenvalue weighted by Gasteiger charge is 2.23. The van der Waals surface area contributed by atoms with E-state index in [9.17, 15) is 9.59 Å². The minimum absolute atomic E-state index is 0.148. The molecule has 136 valence electrons. The van der Waals surface area contributed by atoms with E-state index in [0.29, 0.717) is 23.4 Å². The molecule has 1 aliphatic rings. The molecule has 2 amide bonds. The number of amides is 2. The fourth-order valence-corrected chi connectivity index (χ4v) is 3.21. The lowest BCUT2D eigenvalue weighted by atomic mass is 10.1. The van der Waals surface area contributed by atoms with Crippen molar-refractivity contribution in [1.29, 1.82) is 0 Å². The van der Waals surface area contributed by atoms with Crippen molar-refractivity contribution in [1.82, 2.24) is 20.2 Å². The van der Waals surface area contributed by atoms with E-state index >= 15 is 0 Å². The predicted octanol–water partition coefficient (Wildman–Crippen LogP) is 2.35. The van der Waals surface area contributed by atoms with Crippen LogP contribution in [0.3, 0.4) is 0 Å². The molecule has 1 aliphatic heterocycles. The van der Waals surface area contributed by atoms with Crippen molar-refractivity contribution in [3.8, 4) is 5.69 Å². The number of carbonyl (C=O) groups is 2. The normalized spacial score (nSPS) is 13.8. The van der Waals surface area contributed by atoms with Gasteiger partial charge < -0.3 is 10.2 Å². The maximum atomic E-state index is 12.6. The first kappa shape index (κ1) is 16.9.